The van der Waals surface area contributed by atoms with Crippen LogP contribution >= 0.6 is 22.9 Å². The van der Waals surface area contributed by atoms with Crippen molar-refractivity contribution in [2.24, 2.45) is 0 Å². The maximum atomic E-state index is 5.54. The van der Waals surface area contributed by atoms with Gasteiger partial charge in [-0.05, 0) is 34.0 Å². The Kier molecular flexibility index (Phi) is 2.96. The fourth-order valence-corrected chi connectivity index (χ4v) is 1.67. The van der Waals surface area contributed by atoms with E-state index in [0.717, 1.165) is 5.56 Å². The van der Waals surface area contributed by atoms with Crippen LogP contribution in [0, 0.1) is 0 Å². The highest BCUT2D eigenvalue weighted by atomic mass is 35.5. The normalized spacial score (nSPS) is 10.1. The molecule has 0 atom stereocenters. The molecule has 14 heavy (non-hydrogen) atoms. The van der Waals surface area contributed by atoms with E-state index in [-0.39, 0.29) is 5.28 Å². The Bertz CT molecular complexity index is 388. The molecule has 0 saturated carbocycles. The molecule has 3 nitrogen and oxygen atoms in total. The van der Waals surface area contributed by atoms with Gasteiger partial charge in [-0.15, -0.1) is 0 Å². The summed E-state index contributed by atoms with van der Waals surface area (Å²) in [6.07, 6.45) is 3.11. The molecule has 0 bridgehead atoms. The molecule has 0 aliphatic carbocycles. The van der Waals surface area contributed by atoms with Crippen LogP contribution < -0.4 is 4.74 Å². The summed E-state index contributed by atoms with van der Waals surface area (Å²) in [7, 11) is 0. The number of thiophene rings is 1. The zero-order valence-electron chi connectivity index (χ0n) is 7.18. The molecular weight excluding hydrogens is 220 g/mol. The molecule has 0 N–H and O–H groups in total. The van der Waals surface area contributed by atoms with E-state index in [9.17, 15) is 0 Å². The summed E-state index contributed by atoms with van der Waals surface area (Å²) in [4.78, 5) is 7.62. The molecule has 0 amide bonds. The Morgan fingerprint density at radius 2 is 2.14 bits per heavy atom. The second-order valence-electron chi connectivity index (χ2n) is 2.61. The zero-order valence-corrected chi connectivity index (χ0v) is 8.76. The summed E-state index contributed by atoms with van der Waals surface area (Å²) in [5, 5.41) is 4.28. The largest absolute Gasteiger partial charge is 0.486 e. The molecule has 0 spiro atoms. The topological polar surface area (TPSA) is 35.0 Å². The smallest absolute Gasteiger partial charge is 0.222 e. The second kappa shape index (κ2) is 4.39. The van der Waals surface area contributed by atoms with Gasteiger partial charge in [-0.2, -0.15) is 11.3 Å². The van der Waals surface area contributed by atoms with Gasteiger partial charge in [-0.3, -0.25) is 0 Å². The molecule has 0 saturated heterocycles. The van der Waals surface area contributed by atoms with E-state index >= 15 is 0 Å². The number of aromatic nitrogens is 2. The summed E-state index contributed by atoms with van der Waals surface area (Å²) < 4.78 is 5.43. The lowest BCUT2D eigenvalue weighted by Gasteiger charge is -2.02. The molecule has 2 aromatic heterocycles. The number of hydrogen-bond donors (Lipinski definition) is 0. The highest BCUT2D eigenvalue weighted by molar-refractivity contribution is 7.07. The molecular formula is C9H7ClN2OS. The van der Waals surface area contributed by atoms with Gasteiger partial charge in [-0.1, -0.05) is 0 Å². The van der Waals surface area contributed by atoms with E-state index in [2.05, 4.69) is 9.97 Å². The van der Waals surface area contributed by atoms with Crippen LogP contribution in [0.1, 0.15) is 5.56 Å². The monoisotopic (exact) mass is 226 g/mol. The summed E-state index contributed by atoms with van der Waals surface area (Å²) in [6, 6.07) is 2.02. The van der Waals surface area contributed by atoms with E-state index in [1.165, 1.54) is 0 Å². The Morgan fingerprint density at radius 1 is 1.36 bits per heavy atom. The lowest BCUT2D eigenvalue weighted by Crippen LogP contribution is -1.94. The van der Waals surface area contributed by atoms with Crippen molar-refractivity contribution in [3.05, 3.63) is 40.1 Å². The van der Waals surface area contributed by atoms with Crippen LogP contribution in [0.5, 0.6) is 5.75 Å². The second-order valence-corrected chi connectivity index (χ2v) is 3.73. The maximum absolute atomic E-state index is 5.54. The van der Waals surface area contributed by atoms with Crippen molar-refractivity contribution in [2.75, 3.05) is 0 Å². The van der Waals surface area contributed by atoms with Crippen molar-refractivity contribution in [1.29, 1.82) is 0 Å². The van der Waals surface area contributed by atoms with Crippen molar-refractivity contribution < 1.29 is 4.74 Å². The van der Waals surface area contributed by atoms with Gasteiger partial charge in [-0.25, -0.2) is 9.97 Å². The first kappa shape index (κ1) is 9.43. The maximum Gasteiger partial charge on any atom is 0.222 e. The Hall–Kier alpha value is -1.13. The lowest BCUT2D eigenvalue weighted by atomic mass is 10.4. The molecule has 2 heterocycles. The fourth-order valence-electron chi connectivity index (χ4n) is 0.916. The van der Waals surface area contributed by atoms with Crippen molar-refractivity contribution in [1.82, 2.24) is 9.97 Å². The average Bonchev–Trinajstić information content (AvgIpc) is 2.70. The van der Waals surface area contributed by atoms with Crippen molar-refractivity contribution in [2.45, 2.75) is 6.61 Å². The van der Waals surface area contributed by atoms with E-state index in [1.807, 2.05) is 16.8 Å². The Balaban J connectivity index is 1.95. The van der Waals surface area contributed by atoms with Crippen LogP contribution in [0.3, 0.4) is 0 Å². The van der Waals surface area contributed by atoms with Gasteiger partial charge in [0.25, 0.3) is 0 Å². The van der Waals surface area contributed by atoms with Crippen LogP contribution in [-0.2, 0) is 6.61 Å². The average molecular weight is 227 g/mol. The van der Waals surface area contributed by atoms with Crippen LogP contribution in [0.4, 0.5) is 0 Å². The number of halogens is 1. The van der Waals surface area contributed by atoms with Crippen LogP contribution in [0.2, 0.25) is 5.28 Å². The summed E-state index contributed by atoms with van der Waals surface area (Å²) in [5.74, 6) is 0.626. The predicted molar refractivity (Wildman–Crippen MR) is 55.7 cm³/mol. The third-order valence-corrected chi connectivity index (χ3v) is 2.51. The van der Waals surface area contributed by atoms with Gasteiger partial charge in [0.15, 0.2) is 5.75 Å². The zero-order chi connectivity index (χ0) is 9.80. The third-order valence-electron chi connectivity index (χ3n) is 1.58. The summed E-state index contributed by atoms with van der Waals surface area (Å²) in [6.45, 7) is 0.536. The standard InChI is InChI=1S/C9H7ClN2OS/c10-9-11-3-8(4-12-9)13-5-7-1-2-14-6-7/h1-4,6H,5H2. The minimum absolute atomic E-state index is 0.230. The highest BCUT2D eigenvalue weighted by Crippen LogP contribution is 2.12. The van der Waals surface area contributed by atoms with Gasteiger partial charge in [0, 0.05) is 0 Å². The van der Waals surface area contributed by atoms with Crippen molar-refractivity contribution in [3.63, 3.8) is 0 Å². The molecule has 72 valence electrons. The van der Waals surface area contributed by atoms with Gasteiger partial charge >= 0.3 is 0 Å². The van der Waals surface area contributed by atoms with Crippen molar-refractivity contribution >= 4 is 22.9 Å². The summed E-state index contributed by atoms with van der Waals surface area (Å²) >= 11 is 7.18. The minimum Gasteiger partial charge on any atom is -0.486 e. The third kappa shape index (κ3) is 2.43. The van der Waals surface area contributed by atoms with E-state index in [4.69, 9.17) is 16.3 Å². The van der Waals surface area contributed by atoms with Gasteiger partial charge in [0.2, 0.25) is 5.28 Å². The van der Waals surface area contributed by atoms with Crippen LogP contribution in [0.15, 0.2) is 29.2 Å². The highest BCUT2D eigenvalue weighted by Gasteiger charge is 1.97. The minimum atomic E-state index is 0.230. The molecule has 0 radical (unpaired) electrons. The number of nitrogens with zero attached hydrogens (tertiary/aromatic N) is 2. The SMILES string of the molecule is Clc1ncc(OCc2ccsc2)cn1. The lowest BCUT2D eigenvalue weighted by molar-refractivity contribution is 0.304. The number of hydrogen-bond acceptors (Lipinski definition) is 4. The molecule has 2 rings (SSSR count). The molecule has 5 heteroatoms. The van der Waals surface area contributed by atoms with E-state index < -0.39 is 0 Å². The summed E-state index contributed by atoms with van der Waals surface area (Å²) in [5.41, 5.74) is 1.14. The van der Waals surface area contributed by atoms with Gasteiger partial charge in [0.05, 0.1) is 12.4 Å². The van der Waals surface area contributed by atoms with Crippen molar-refractivity contribution in [3.8, 4) is 5.75 Å². The fraction of sp³-hybridized carbons (Fsp3) is 0.111. The van der Waals surface area contributed by atoms with Crippen LogP contribution in [-0.4, -0.2) is 9.97 Å². The predicted octanol–water partition coefficient (Wildman–Crippen LogP) is 2.77. The first-order valence-corrected chi connectivity index (χ1v) is 5.28. The molecule has 0 fully saturated rings. The Labute approximate surface area is 90.3 Å². The van der Waals surface area contributed by atoms with Gasteiger partial charge in [0.1, 0.15) is 6.61 Å². The Morgan fingerprint density at radius 3 is 2.79 bits per heavy atom. The van der Waals surface area contributed by atoms with E-state index in [1.54, 1.807) is 23.7 Å². The molecule has 0 aromatic carbocycles. The number of ether oxygens (including phenoxy) is 1. The molecule has 2 aromatic rings. The van der Waals surface area contributed by atoms with Gasteiger partial charge < -0.3 is 4.74 Å². The first-order valence-electron chi connectivity index (χ1n) is 3.96. The quantitative estimate of drug-likeness (QED) is 0.755. The molecule has 0 aliphatic rings. The molecule has 0 aliphatic heterocycles. The van der Waals surface area contributed by atoms with Crippen LogP contribution in [0.25, 0.3) is 0 Å². The van der Waals surface area contributed by atoms with E-state index in [0.29, 0.717) is 12.4 Å². The molecule has 0 unspecified atom stereocenters. The first-order chi connectivity index (χ1) is 6.84. The number of rotatable bonds is 3.